The van der Waals surface area contributed by atoms with Gasteiger partial charge in [0.05, 0.1) is 67.9 Å². The Morgan fingerprint density at radius 1 is 0.527 bits per heavy atom. The van der Waals surface area contributed by atoms with Crippen molar-refractivity contribution in [2.75, 3.05) is 14.2 Å². The summed E-state index contributed by atoms with van der Waals surface area (Å²) in [4.78, 5) is 59.4. The Morgan fingerprint density at radius 3 is 1.55 bits per heavy atom. The zero-order chi connectivity index (χ0) is 76.9. The number of halogens is 3. The number of aromatic nitrogens is 16. The highest BCUT2D eigenvalue weighted by molar-refractivity contribution is 7.21. The smallest absolute Gasteiger partial charge is 0.420 e. The first-order valence-electron chi connectivity index (χ1n) is 33.3. The number of alkyl halides is 3. The number of methoxy groups -OCH3 is 2. The minimum atomic E-state index is -4.56. The van der Waals surface area contributed by atoms with E-state index in [1.54, 1.807) is 121 Å². The number of hydrogen-bond donors (Lipinski definition) is 4. The number of rotatable bonds is 10. The number of nitrogens with one attached hydrogen (secondary N) is 4. The number of thiazole rings is 1. The van der Waals surface area contributed by atoms with Crippen LogP contribution in [0.15, 0.2) is 225 Å². The average Bonchev–Trinajstić information content (AvgIpc) is 1.57. The van der Waals surface area contributed by atoms with Crippen LogP contribution in [0.5, 0.6) is 5.75 Å². The van der Waals surface area contributed by atoms with Crippen LogP contribution in [0.2, 0.25) is 0 Å². The Bertz CT molecular complexity index is 6660. The molecule has 536 valence electrons. The minimum absolute atomic E-state index is 0.00636. The first-order chi connectivity index (χ1) is 53.4. The first kappa shape index (κ1) is 71.4. The van der Waals surface area contributed by atoms with Crippen molar-refractivity contribution in [2.45, 2.75) is 26.9 Å². The van der Waals surface area contributed by atoms with Gasteiger partial charge in [0.1, 0.15) is 33.3 Å². The van der Waals surface area contributed by atoms with Crippen LogP contribution in [0.25, 0.3) is 131 Å². The zero-order valence-corrected chi connectivity index (χ0v) is 59.5. The number of carbonyl (C=O) groups is 2. The zero-order valence-electron chi connectivity index (χ0n) is 58.6. The topological polar surface area (TPSA) is 261 Å². The van der Waals surface area contributed by atoms with Gasteiger partial charge in [0.25, 0.3) is 0 Å². The van der Waals surface area contributed by atoms with Crippen molar-refractivity contribution >= 4 is 84.3 Å². The minimum Gasteiger partial charge on any atom is -0.497 e. The lowest BCUT2D eigenvalue weighted by Gasteiger charge is -2.13. The van der Waals surface area contributed by atoms with Gasteiger partial charge in [-0.15, -0.1) is 16.4 Å². The van der Waals surface area contributed by atoms with Crippen LogP contribution in [0.4, 0.5) is 35.9 Å². The third kappa shape index (κ3) is 13.9. The molecule has 0 aliphatic heterocycles. The van der Waals surface area contributed by atoms with E-state index < -0.39 is 17.7 Å². The second kappa shape index (κ2) is 30.2. The SMILES string of the molecule is Cc1ccc(-c2nn3cc(-c4ccccc4)c(C(F)(F)F)c3n2-c2ccccc2)cc1.[C-]#[N+]c1cn2[nH]c(-c3ccc(OC)cc3)nc2c1C(C)=O.[C-]#[N+]c1cn2[nH]c(-c3ccccc3)nc2c1-c1nc2ccccc2s1.[C-]#[N+]c1cn2[nH]c(-c3ccccc3)nc2c1C(=O)OC.[C-]#[N+]c1cn2[nH]c(C)nc2c1C#N. The molecule has 0 unspecified atom stereocenters. The van der Waals surface area contributed by atoms with Gasteiger partial charge in [-0.25, -0.2) is 53.6 Å². The summed E-state index contributed by atoms with van der Waals surface area (Å²) in [6, 6.07) is 62.1. The molecule has 18 aromatic rings. The van der Waals surface area contributed by atoms with Gasteiger partial charge in [-0.3, -0.25) is 47.8 Å². The molecule has 11 aromatic heterocycles. The number of ketones is 1. The quantitative estimate of drug-likeness (QED) is 0.0568. The van der Waals surface area contributed by atoms with Gasteiger partial charge in [0.2, 0.25) is 22.7 Å². The van der Waals surface area contributed by atoms with Crippen molar-refractivity contribution < 1.29 is 32.2 Å². The number of nitrogens with zero attached hydrogens (tertiary/aromatic N) is 17. The molecule has 4 N–H and O–H groups in total. The maximum Gasteiger partial charge on any atom is 0.420 e. The van der Waals surface area contributed by atoms with E-state index in [0.717, 1.165) is 71.7 Å². The second-order valence-electron chi connectivity index (χ2n) is 24.3. The number of esters is 1. The van der Waals surface area contributed by atoms with Crippen molar-refractivity contribution in [1.82, 2.24) is 77.6 Å². The summed E-state index contributed by atoms with van der Waals surface area (Å²) >= 11 is 1.58. The van der Waals surface area contributed by atoms with Gasteiger partial charge < -0.3 is 9.47 Å². The summed E-state index contributed by atoms with van der Waals surface area (Å²) in [5, 5.41) is 26.5. The van der Waals surface area contributed by atoms with Gasteiger partial charge in [0.15, 0.2) is 57.3 Å². The Labute approximate surface area is 626 Å². The van der Waals surface area contributed by atoms with Gasteiger partial charge in [-0.2, -0.15) is 18.4 Å². The van der Waals surface area contributed by atoms with Crippen molar-refractivity contribution in [3.8, 4) is 84.8 Å². The number of hydrogen-bond acceptors (Lipinski definition) is 12. The molecule has 110 heavy (non-hydrogen) atoms. The molecule has 18 rings (SSSR count). The third-order valence-corrected chi connectivity index (χ3v) is 18.4. The van der Waals surface area contributed by atoms with E-state index in [2.05, 4.69) is 59.8 Å². The summed E-state index contributed by atoms with van der Waals surface area (Å²) in [6.45, 7) is 33.8. The molecule has 11 heterocycles. The second-order valence-corrected chi connectivity index (χ2v) is 25.4. The summed E-state index contributed by atoms with van der Waals surface area (Å²) in [5.41, 5.74) is 11.2. The van der Waals surface area contributed by atoms with E-state index in [-0.39, 0.29) is 28.2 Å². The molecule has 0 aliphatic rings. The molecule has 0 amide bonds. The average molecular weight is 1480 g/mol. The van der Waals surface area contributed by atoms with Crippen molar-refractivity contribution in [1.29, 1.82) is 5.26 Å². The number of para-hydroxylation sites is 2. The Hall–Kier alpha value is -15.6. The molecule has 0 fully saturated rings. The molecule has 0 radical (unpaired) electrons. The highest BCUT2D eigenvalue weighted by Gasteiger charge is 2.40. The number of aryl methyl sites for hydroxylation is 2. The summed E-state index contributed by atoms with van der Waals surface area (Å²) in [6.07, 6.45) is 3.37. The molecule has 0 saturated heterocycles. The number of ether oxygens (including phenoxy) is 2. The van der Waals surface area contributed by atoms with E-state index in [0.29, 0.717) is 73.9 Å². The first-order valence-corrected chi connectivity index (χ1v) is 34.1. The fourth-order valence-electron chi connectivity index (χ4n) is 12.2. The Balaban J connectivity index is 0.000000117. The summed E-state index contributed by atoms with van der Waals surface area (Å²) in [5.74, 6) is 3.23. The van der Waals surface area contributed by atoms with Crippen molar-refractivity contribution in [3.05, 3.63) is 304 Å². The number of H-pyrrole nitrogens is 4. The van der Waals surface area contributed by atoms with E-state index in [1.165, 1.54) is 30.9 Å². The molecular formula is C81H56F3N21O4S. The molecule has 0 bridgehead atoms. The van der Waals surface area contributed by atoms with E-state index in [4.69, 9.17) is 51.0 Å². The largest absolute Gasteiger partial charge is 0.497 e. The van der Waals surface area contributed by atoms with Crippen LogP contribution >= 0.6 is 11.3 Å². The molecular weight excluding hydrogens is 1420 g/mol. The normalized spacial score (nSPS) is 10.9. The van der Waals surface area contributed by atoms with E-state index in [1.807, 2.05) is 153 Å². The standard InChI is InChI=1S/C25H18F3N3.C19H11N5S.C15H12N4O2.C14H10N4O2.C8H5N5/c1-17-12-14-19(15-13-17)23-29-30-16-21(18-8-4-2-5-9-18)22(25(26,27)28)24(30)31(23)20-10-6-3-7-11-20;1-20-14-11-24-18(22-17(23-24)12-7-3-2-4-8-12)16(14)19-21-13-9-5-6-10-15(13)25-19;1-9(20)13-12(16-2)8-19-15(13)17-14(18-19)10-4-6-11(21-3)7-5-10;1-15-10-8-18-13(11(10)14(19)20-2)16-12(17-18)9-6-4-3-5-7-9;1-5-11-8-6(3-9)7(10-2)4-13(8)12-5/h2-16H,1H3;2-11H,(H,22,23);4-8H,1,3H3,(H,17,18);3-8H,2H3,(H,16,17);4H,1H3,(H,11,12). The fourth-order valence-corrected chi connectivity index (χ4v) is 13.3. The molecule has 0 atom stereocenters. The van der Waals surface area contributed by atoms with Crippen molar-refractivity contribution in [3.63, 3.8) is 0 Å². The lowest BCUT2D eigenvalue weighted by atomic mass is 10.0. The molecule has 29 heteroatoms. The third-order valence-electron chi connectivity index (χ3n) is 17.3. The van der Waals surface area contributed by atoms with Gasteiger partial charge in [0, 0.05) is 64.5 Å². The van der Waals surface area contributed by atoms with Crippen molar-refractivity contribution in [2.24, 2.45) is 0 Å². The predicted molar refractivity (Wildman–Crippen MR) is 411 cm³/mol. The number of carbonyl (C=O) groups excluding carboxylic acids is 2. The highest BCUT2D eigenvalue weighted by Crippen LogP contribution is 2.44. The summed E-state index contributed by atoms with van der Waals surface area (Å²) in [7, 11) is 2.89. The highest BCUT2D eigenvalue weighted by atomic mass is 32.1. The Morgan fingerprint density at radius 2 is 1.01 bits per heavy atom. The lowest BCUT2D eigenvalue weighted by Crippen LogP contribution is -2.09. The molecule has 7 aromatic carbocycles. The van der Waals surface area contributed by atoms with Crippen LogP contribution in [0, 0.1) is 51.5 Å². The monoisotopic (exact) mass is 1480 g/mol. The number of benzene rings is 7. The molecule has 0 spiro atoms. The van der Waals surface area contributed by atoms with Gasteiger partial charge in [-0.1, -0.05) is 151 Å². The Kier molecular flexibility index (Phi) is 19.6. The van der Waals surface area contributed by atoms with Crippen LogP contribution in [0.1, 0.15) is 50.2 Å². The van der Waals surface area contributed by atoms with E-state index in [9.17, 15) is 22.8 Å². The number of aromatic amines is 4. The number of Topliss-reactive ketones (excluding diaryl/α,β-unsaturated/α-hetero) is 1. The van der Waals surface area contributed by atoms with Gasteiger partial charge in [-0.05, 0) is 74.9 Å². The predicted octanol–water partition coefficient (Wildman–Crippen LogP) is 19.1. The maximum absolute atomic E-state index is 14.4. The summed E-state index contributed by atoms with van der Waals surface area (Å²) < 4.78 is 63.6. The fraction of sp³-hybridized carbons (Fsp3) is 0.0741. The van der Waals surface area contributed by atoms with Crippen LogP contribution < -0.4 is 4.74 Å². The van der Waals surface area contributed by atoms with Crippen LogP contribution in [-0.2, 0) is 10.9 Å². The molecule has 0 aliphatic carbocycles. The van der Waals surface area contributed by atoms with E-state index >= 15 is 0 Å². The maximum atomic E-state index is 14.4. The van der Waals surface area contributed by atoms with Crippen LogP contribution in [-0.4, -0.2) is 104 Å². The molecule has 0 saturated carbocycles. The number of fused-ring (bicyclic) bond motifs is 6. The van der Waals surface area contributed by atoms with Crippen LogP contribution in [0.3, 0.4) is 0 Å². The molecule has 25 nitrogen and oxygen atoms in total. The number of nitriles is 1. The van der Waals surface area contributed by atoms with Gasteiger partial charge >= 0.3 is 12.1 Å². The lowest BCUT2D eigenvalue weighted by molar-refractivity contribution is -0.136.